The van der Waals surface area contributed by atoms with Crippen LogP contribution in [-0.4, -0.2) is 26.3 Å². The number of aromatic nitrogens is 2. The predicted octanol–water partition coefficient (Wildman–Crippen LogP) is 4.63. The van der Waals surface area contributed by atoms with E-state index in [1.54, 1.807) is 24.5 Å². The summed E-state index contributed by atoms with van der Waals surface area (Å²) >= 11 is 1.35. The molecular weight excluding hydrogens is 386 g/mol. The molecule has 0 unspecified atom stereocenters. The smallest absolute Gasteiger partial charge is 0.234 e. The lowest BCUT2D eigenvalue weighted by atomic mass is 10.2. The van der Waals surface area contributed by atoms with E-state index in [4.69, 9.17) is 4.42 Å². The Labute approximate surface area is 172 Å². The number of phenols is 1. The minimum absolute atomic E-state index is 0.108. The fourth-order valence-corrected chi connectivity index (χ4v) is 3.71. The van der Waals surface area contributed by atoms with Crippen molar-refractivity contribution in [1.29, 1.82) is 0 Å². The molecule has 0 radical (unpaired) electrons. The van der Waals surface area contributed by atoms with Crippen LogP contribution in [0.15, 0.2) is 88.8 Å². The van der Waals surface area contributed by atoms with Gasteiger partial charge in [-0.25, -0.2) is 4.98 Å². The number of amides is 1. The fraction of sp³-hybridized carbons (Fsp3) is 0.0909. The highest BCUT2D eigenvalue weighted by Crippen LogP contribution is 2.27. The van der Waals surface area contributed by atoms with Crippen LogP contribution >= 0.6 is 11.8 Å². The van der Waals surface area contributed by atoms with Gasteiger partial charge >= 0.3 is 0 Å². The van der Waals surface area contributed by atoms with Gasteiger partial charge in [-0.05, 0) is 29.8 Å². The summed E-state index contributed by atoms with van der Waals surface area (Å²) in [7, 11) is 0. The van der Waals surface area contributed by atoms with Gasteiger partial charge in [0.2, 0.25) is 5.91 Å². The summed E-state index contributed by atoms with van der Waals surface area (Å²) in [5.41, 5.74) is 2.56. The molecule has 4 aromatic rings. The third-order valence-corrected chi connectivity index (χ3v) is 5.24. The van der Waals surface area contributed by atoms with Crippen molar-refractivity contribution < 1.29 is 14.3 Å². The van der Waals surface area contributed by atoms with Crippen molar-refractivity contribution in [3.05, 3.63) is 85.0 Å². The quantitative estimate of drug-likeness (QED) is 0.438. The lowest BCUT2D eigenvalue weighted by Crippen LogP contribution is -2.14. The Bertz CT molecular complexity index is 1090. The predicted molar refractivity (Wildman–Crippen MR) is 113 cm³/mol. The first-order valence-corrected chi connectivity index (χ1v) is 10.0. The van der Waals surface area contributed by atoms with E-state index in [9.17, 15) is 9.90 Å². The first kappa shape index (κ1) is 18.9. The lowest BCUT2D eigenvalue weighted by Gasteiger charge is -2.11. The van der Waals surface area contributed by atoms with Gasteiger partial charge in [0.15, 0.2) is 5.16 Å². The number of thioether (sulfide) groups is 1. The number of hydrogen-bond acceptors (Lipinski definition) is 5. The largest absolute Gasteiger partial charge is 0.508 e. The molecule has 0 fully saturated rings. The average molecular weight is 405 g/mol. The molecule has 0 saturated carbocycles. The molecule has 0 aliphatic carbocycles. The molecule has 0 aliphatic rings. The fourth-order valence-electron chi connectivity index (χ4n) is 2.94. The van der Waals surface area contributed by atoms with Crippen LogP contribution in [0.2, 0.25) is 0 Å². The van der Waals surface area contributed by atoms with Crippen molar-refractivity contribution in [3.63, 3.8) is 0 Å². The number of nitrogens with one attached hydrogen (secondary N) is 1. The second kappa shape index (κ2) is 8.70. The Kier molecular flexibility index (Phi) is 5.67. The van der Waals surface area contributed by atoms with Crippen LogP contribution in [0.4, 0.5) is 5.69 Å². The molecule has 29 heavy (non-hydrogen) atoms. The topological polar surface area (TPSA) is 80.3 Å². The molecule has 0 saturated heterocycles. The first-order valence-electron chi connectivity index (χ1n) is 9.04. The summed E-state index contributed by atoms with van der Waals surface area (Å²) in [5.74, 6) is 0.941. The van der Waals surface area contributed by atoms with E-state index in [1.165, 1.54) is 17.8 Å². The molecular formula is C22H19N3O3S. The zero-order valence-electron chi connectivity index (χ0n) is 15.5. The molecule has 0 spiro atoms. The van der Waals surface area contributed by atoms with E-state index in [2.05, 4.69) is 10.3 Å². The van der Waals surface area contributed by atoms with Gasteiger partial charge in [-0.1, -0.05) is 48.2 Å². The number of anilines is 1. The van der Waals surface area contributed by atoms with E-state index in [0.717, 1.165) is 22.2 Å². The summed E-state index contributed by atoms with van der Waals surface area (Å²) in [6, 6.07) is 20.2. The highest BCUT2D eigenvalue weighted by molar-refractivity contribution is 7.99. The van der Waals surface area contributed by atoms with E-state index in [1.807, 2.05) is 53.2 Å². The van der Waals surface area contributed by atoms with Gasteiger partial charge in [0.1, 0.15) is 11.5 Å². The molecule has 146 valence electrons. The number of furan rings is 1. The number of aromatic hydroxyl groups is 1. The van der Waals surface area contributed by atoms with Crippen molar-refractivity contribution in [2.45, 2.75) is 11.7 Å². The number of imidazole rings is 1. The Morgan fingerprint density at radius 2 is 1.97 bits per heavy atom. The summed E-state index contributed by atoms with van der Waals surface area (Å²) in [4.78, 5) is 16.9. The van der Waals surface area contributed by atoms with Crippen molar-refractivity contribution in [1.82, 2.24) is 9.55 Å². The second-order valence-electron chi connectivity index (χ2n) is 6.34. The van der Waals surface area contributed by atoms with Crippen LogP contribution in [0.25, 0.3) is 11.3 Å². The minimum Gasteiger partial charge on any atom is -0.508 e. The van der Waals surface area contributed by atoms with Crippen LogP contribution < -0.4 is 5.32 Å². The van der Waals surface area contributed by atoms with Gasteiger partial charge in [0, 0.05) is 11.8 Å². The Balaban J connectivity index is 1.52. The van der Waals surface area contributed by atoms with Crippen molar-refractivity contribution >= 4 is 23.4 Å². The van der Waals surface area contributed by atoms with E-state index in [-0.39, 0.29) is 17.4 Å². The van der Waals surface area contributed by atoms with Gasteiger partial charge in [0.25, 0.3) is 0 Å². The molecule has 4 rings (SSSR count). The van der Waals surface area contributed by atoms with Crippen molar-refractivity contribution in [2.24, 2.45) is 0 Å². The summed E-state index contributed by atoms with van der Waals surface area (Å²) in [6.07, 6.45) is 3.46. The van der Waals surface area contributed by atoms with Gasteiger partial charge in [-0.2, -0.15) is 0 Å². The monoisotopic (exact) mass is 405 g/mol. The van der Waals surface area contributed by atoms with Gasteiger partial charge < -0.3 is 19.4 Å². The molecule has 2 heterocycles. The van der Waals surface area contributed by atoms with Crippen LogP contribution in [0.5, 0.6) is 5.75 Å². The Morgan fingerprint density at radius 1 is 1.10 bits per heavy atom. The lowest BCUT2D eigenvalue weighted by molar-refractivity contribution is -0.113. The maximum absolute atomic E-state index is 12.3. The molecule has 7 heteroatoms. The van der Waals surface area contributed by atoms with Crippen LogP contribution in [0.1, 0.15) is 5.76 Å². The molecule has 0 aliphatic heterocycles. The average Bonchev–Trinajstić information content (AvgIpc) is 3.38. The van der Waals surface area contributed by atoms with E-state index >= 15 is 0 Å². The number of rotatable bonds is 7. The number of nitrogens with zero attached hydrogens (tertiary/aromatic N) is 2. The highest BCUT2D eigenvalue weighted by Gasteiger charge is 2.15. The van der Waals surface area contributed by atoms with Crippen LogP contribution in [0, 0.1) is 0 Å². The maximum Gasteiger partial charge on any atom is 0.234 e. The van der Waals surface area contributed by atoms with E-state index < -0.39 is 0 Å². The summed E-state index contributed by atoms with van der Waals surface area (Å²) in [5, 5.41) is 13.0. The third-order valence-electron chi connectivity index (χ3n) is 4.24. The molecule has 0 bridgehead atoms. The molecule has 0 atom stereocenters. The zero-order valence-corrected chi connectivity index (χ0v) is 16.3. The van der Waals surface area contributed by atoms with Gasteiger partial charge in [-0.15, -0.1) is 0 Å². The number of carbonyl (C=O) groups excluding carboxylic acids is 1. The van der Waals surface area contributed by atoms with Crippen molar-refractivity contribution in [3.8, 4) is 17.0 Å². The number of carbonyl (C=O) groups is 1. The van der Waals surface area contributed by atoms with Crippen LogP contribution in [-0.2, 0) is 11.3 Å². The van der Waals surface area contributed by atoms with Gasteiger partial charge in [0.05, 0.1) is 30.5 Å². The highest BCUT2D eigenvalue weighted by atomic mass is 32.2. The SMILES string of the molecule is O=C(CSc1ncc(-c2ccccc2)n1Cc1ccco1)Nc1cccc(O)c1. The third kappa shape index (κ3) is 4.70. The standard InChI is InChI=1S/C22H19N3O3S/c26-18-9-4-8-17(12-18)24-21(27)15-29-22-23-13-20(16-6-2-1-3-7-16)25(22)14-19-10-5-11-28-19/h1-13,26H,14-15H2,(H,24,27). The second-order valence-corrected chi connectivity index (χ2v) is 7.29. The molecule has 6 nitrogen and oxygen atoms in total. The number of benzene rings is 2. The van der Waals surface area contributed by atoms with Gasteiger partial charge in [-0.3, -0.25) is 4.79 Å². The summed E-state index contributed by atoms with van der Waals surface area (Å²) in [6.45, 7) is 0.522. The first-order chi connectivity index (χ1) is 14.2. The van der Waals surface area contributed by atoms with Crippen molar-refractivity contribution in [2.75, 3.05) is 11.1 Å². The summed E-state index contributed by atoms with van der Waals surface area (Å²) < 4.78 is 7.55. The normalized spacial score (nSPS) is 10.8. The number of hydrogen-bond donors (Lipinski definition) is 2. The molecule has 2 N–H and O–H groups in total. The van der Waals surface area contributed by atoms with Crippen LogP contribution in [0.3, 0.4) is 0 Å². The minimum atomic E-state index is -0.172. The zero-order chi connectivity index (χ0) is 20.1. The molecule has 1 amide bonds. The van der Waals surface area contributed by atoms with E-state index in [0.29, 0.717) is 12.2 Å². The Hall–Kier alpha value is -3.45. The molecule has 2 aromatic heterocycles. The Morgan fingerprint density at radius 3 is 2.72 bits per heavy atom. The molecule has 2 aromatic carbocycles. The maximum atomic E-state index is 12.3. The number of phenolic OH excluding ortho intramolecular Hbond substituents is 1.